The largest absolute Gasteiger partial charge is 0.459 e. The lowest BCUT2D eigenvalue weighted by Crippen LogP contribution is -2.16. The molecule has 0 saturated carbocycles. The summed E-state index contributed by atoms with van der Waals surface area (Å²) < 4.78 is 7.04. The third-order valence-electron chi connectivity index (χ3n) is 4.37. The van der Waals surface area contributed by atoms with Gasteiger partial charge in [-0.05, 0) is 44.5 Å². The van der Waals surface area contributed by atoms with Crippen LogP contribution in [0.2, 0.25) is 5.02 Å². The van der Waals surface area contributed by atoms with Gasteiger partial charge in [-0.2, -0.15) is 0 Å². The van der Waals surface area contributed by atoms with E-state index in [0.29, 0.717) is 21.4 Å². The van der Waals surface area contributed by atoms with Crippen LogP contribution in [0.25, 0.3) is 11.4 Å². The zero-order chi connectivity index (χ0) is 22.5. The van der Waals surface area contributed by atoms with Crippen LogP contribution in [0.3, 0.4) is 0 Å². The molecule has 0 radical (unpaired) electrons. The van der Waals surface area contributed by atoms with E-state index in [2.05, 4.69) is 15.5 Å². The minimum Gasteiger partial charge on any atom is -0.459 e. The Hall–Kier alpha value is -2.84. The number of nitrogens with one attached hydrogen (secondary N) is 1. The first-order valence-corrected chi connectivity index (χ1v) is 11.0. The molecule has 1 heterocycles. The molecule has 3 rings (SSSR count). The molecule has 0 atom stereocenters. The monoisotopic (exact) mass is 458 g/mol. The molecule has 0 spiro atoms. The Morgan fingerprint density at radius 3 is 2.65 bits per heavy atom. The first kappa shape index (κ1) is 22.8. The average molecular weight is 459 g/mol. The molecule has 0 aliphatic heterocycles. The molecule has 7 nitrogen and oxygen atoms in total. The van der Waals surface area contributed by atoms with Gasteiger partial charge in [-0.25, -0.2) is 4.79 Å². The lowest BCUT2D eigenvalue weighted by Gasteiger charge is -2.11. The van der Waals surface area contributed by atoms with Crippen molar-refractivity contribution < 1.29 is 14.3 Å². The van der Waals surface area contributed by atoms with Crippen molar-refractivity contribution >= 4 is 40.9 Å². The van der Waals surface area contributed by atoms with Crippen molar-refractivity contribution in [3.63, 3.8) is 0 Å². The molecule has 0 fully saturated rings. The highest BCUT2D eigenvalue weighted by atomic mass is 35.5. The number of aromatic nitrogens is 3. The fourth-order valence-corrected chi connectivity index (χ4v) is 3.72. The van der Waals surface area contributed by atoms with E-state index in [4.69, 9.17) is 16.3 Å². The van der Waals surface area contributed by atoms with E-state index >= 15 is 0 Å². The van der Waals surface area contributed by atoms with Gasteiger partial charge in [-0.1, -0.05) is 47.6 Å². The molecule has 0 unspecified atom stereocenters. The Morgan fingerprint density at radius 2 is 1.94 bits per heavy atom. The summed E-state index contributed by atoms with van der Waals surface area (Å²) >= 11 is 7.44. The lowest BCUT2D eigenvalue weighted by molar-refractivity contribution is -0.113. The van der Waals surface area contributed by atoms with Gasteiger partial charge < -0.3 is 14.6 Å². The molecule has 162 valence electrons. The summed E-state index contributed by atoms with van der Waals surface area (Å²) in [5.74, 6) is 0.0954. The maximum atomic E-state index is 12.5. The smallest absolute Gasteiger partial charge is 0.338 e. The van der Waals surface area contributed by atoms with Crippen molar-refractivity contribution in [3.05, 3.63) is 58.6 Å². The van der Waals surface area contributed by atoms with Crippen molar-refractivity contribution in [2.24, 2.45) is 7.05 Å². The molecule has 0 aliphatic carbocycles. The van der Waals surface area contributed by atoms with Crippen LogP contribution in [0.5, 0.6) is 0 Å². The Labute approximate surface area is 190 Å². The second-order valence-corrected chi connectivity index (χ2v) is 8.52. The van der Waals surface area contributed by atoms with Gasteiger partial charge in [0.25, 0.3) is 0 Å². The van der Waals surface area contributed by atoms with Crippen LogP contribution in [0, 0.1) is 6.92 Å². The minimum absolute atomic E-state index is 0.108. The van der Waals surface area contributed by atoms with Gasteiger partial charge in [0.15, 0.2) is 11.0 Å². The molecule has 0 saturated heterocycles. The first-order valence-electron chi connectivity index (χ1n) is 9.65. The van der Waals surface area contributed by atoms with Gasteiger partial charge >= 0.3 is 5.97 Å². The standard InChI is InChI=1S/C22H23ClN4O3S/c1-13(2)30-21(29)15-9-10-17(23)18(11-15)24-19(28)12-31-22-26-25-20(27(22)4)16-8-6-5-7-14(16)3/h5-11,13H,12H2,1-4H3,(H,24,28). The number of hydrogen-bond acceptors (Lipinski definition) is 6. The third kappa shape index (κ3) is 5.65. The van der Waals surface area contributed by atoms with Gasteiger partial charge in [0.1, 0.15) is 0 Å². The van der Waals surface area contributed by atoms with Crippen molar-refractivity contribution in [2.45, 2.75) is 32.0 Å². The lowest BCUT2D eigenvalue weighted by atomic mass is 10.1. The predicted octanol–water partition coefficient (Wildman–Crippen LogP) is 4.74. The maximum Gasteiger partial charge on any atom is 0.338 e. The number of anilines is 1. The van der Waals surface area contributed by atoms with E-state index in [1.807, 2.05) is 42.8 Å². The molecule has 1 amide bonds. The van der Waals surface area contributed by atoms with E-state index in [0.717, 1.165) is 17.0 Å². The molecule has 1 aromatic heterocycles. The zero-order valence-electron chi connectivity index (χ0n) is 17.7. The summed E-state index contributed by atoms with van der Waals surface area (Å²) in [7, 11) is 1.86. The summed E-state index contributed by atoms with van der Waals surface area (Å²) in [4.78, 5) is 24.6. The van der Waals surface area contributed by atoms with Crippen LogP contribution < -0.4 is 5.32 Å². The molecule has 0 aliphatic rings. The Bertz CT molecular complexity index is 1110. The molecule has 3 aromatic rings. The van der Waals surface area contributed by atoms with E-state index < -0.39 is 5.97 Å². The van der Waals surface area contributed by atoms with Crippen LogP contribution in [-0.2, 0) is 16.6 Å². The highest BCUT2D eigenvalue weighted by molar-refractivity contribution is 7.99. The highest BCUT2D eigenvalue weighted by Crippen LogP contribution is 2.26. The van der Waals surface area contributed by atoms with Gasteiger partial charge in [0.2, 0.25) is 5.91 Å². The molecule has 0 bridgehead atoms. The number of esters is 1. The van der Waals surface area contributed by atoms with Gasteiger partial charge in [-0.15, -0.1) is 10.2 Å². The molecular formula is C22H23ClN4O3S. The van der Waals surface area contributed by atoms with E-state index in [1.165, 1.54) is 17.8 Å². The Morgan fingerprint density at radius 1 is 1.19 bits per heavy atom. The number of hydrogen-bond donors (Lipinski definition) is 1. The molecule has 2 aromatic carbocycles. The number of carbonyl (C=O) groups is 2. The highest BCUT2D eigenvalue weighted by Gasteiger charge is 2.16. The number of nitrogens with zero attached hydrogens (tertiary/aromatic N) is 3. The van der Waals surface area contributed by atoms with Crippen LogP contribution in [0.1, 0.15) is 29.8 Å². The van der Waals surface area contributed by atoms with Crippen LogP contribution in [0.4, 0.5) is 5.69 Å². The normalized spacial score (nSPS) is 10.9. The van der Waals surface area contributed by atoms with Crippen LogP contribution in [0.15, 0.2) is 47.6 Å². The van der Waals surface area contributed by atoms with Crippen molar-refractivity contribution in [2.75, 3.05) is 11.1 Å². The van der Waals surface area contributed by atoms with E-state index in [-0.39, 0.29) is 17.8 Å². The SMILES string of the molecule is Cc1ccccc1-c1nnc(SCC(=O)Nc2cc(C(=O)OC(C)C)ccc2Cl)n1C. The summed E-state index contributed by atoms with van der Waals surface area (Å²) in [6.07, 6.45) is -0.242. The third-order valence-corrected chi connectivity index (χ3v) is 5.72. The first-order chi connectivity index (χ1) is 14.8. The molecular weight excluding hydrogens is 436 g/mol. The Kier molecular flexibility index (Phi) is 7.35. The quantitative estimate of drug-likeness (QED) is 0.406. The Balaban J connectivity index is 1.66. The molecule has 1 N–H and O–H groups in total. The average Bonchev–Trinajstić information content (AvgIpc) is 3.08. The second-order valence-electron chi connectivity index (χ2n) is 7.17. The van der Waals surface area contributed by atoms with Crippen LogP contribution >= 0.6 is 23.4 Å². The fourth-order valence-electron chi connectivity index (χ4n) is 2.85. The number of amides is 1. The van der Waals surface area contributed by atoms with Crippen molar-refractivity contribution in [1.29, 1.82) is 0 Å². The second kappa shape index (κ2) is 9.98. The van der Waals surface area contributed by atoms with Gasteiger partial charge in [-0.3, -0.25) is 4.79 Å². The van der Waals surface area contributed by atoms with Crippen molar-refractivity contribution in [1.82, 2.24) is 14.8 Å². The fraction of sp³-hybridized carbons (Fsp3) is 0.273. The van der Waals surface area contributed by atoms with Gasteiger partial charge in [0, 0.05) is 12.6 Å². The minimum atomic E-state index is -0.473. The summed E-state index contributed by atoms with van der Waals surface area (Å²) in [5, 5.41) is 12.2. The predicted molar refractivity (Wildman–Crippen MR) is 123 cm³/mol. The van der Waals surface area contributed by atoms with E-state index in [9.17, 15) is 9.59 Å². The zero-order valence-corrected chi connectivity index (χ0v) is 19.3. The van der Waals surface area contributed by atoms with Crippen LogP contribution in [-0.4, -0.2) is 38.5 Å². The number of carbonyl (C=O) groups excluding carboxylic acids is 2. The molecule has 31 heavy (non-hydrogen) atoms. The maximum absolute atomic E-state index is 12.5. The number of thioether (sulfide) groups is 1. The number of benzene rings is 2. The number of rotatable bonds is 7. The molecule has 9 heteroatoms. The van der Waals surface area contributed by atoms with Gasteiger partial charge in [0.05, 0.1) is 28.1 Å². The number of ether oxygens (including phenoxy) is 1. The number of aryl methyl sites for hydroxylation is 1. The van der Waals surface area contributed by atoms with Crippen molar-refractivity contribution in [3.8, 4) is 11.4 Å². The number of halogens is 1. The summed E-state index contributed by atoms with van der Waals surface area (Å²) in [6.45, 7) is 5.55. The summed E-state index contributed by atoms with van der Waals surface area (Å²) in [5.41, 5.74) is 2.75. The van der Waals surface area contributed by atoms with E-state index in [1.54, 1.807) is 26.0 Å². The topological polar surface area (TPSA) is 86.1 Å². The summed E-state index contributed by atoms with van der Waals surface area (Å²) in [6, 6.07) is 12.5.